The van der Waals surface area contributed by atoms with Gasteiger partial charge in [0.2, 0.25) is 0 Å². The second-order valence-corrected chi connectivity index (χ2v) is 5.39. The lowest BCUT2D eigenvalue weighted by molar-refractivity contribution is 0.552. The molecule has 1 aliphatic heterocycles. The summed E-state index contributed by atoms with van der Waals surface area (Å²) in [6.45, 7) is 6.80. The first-order valence-electron chi connectivity index (χ1n) is 4.59. The number of aliphatic imine (C=N–C) groups is 1. The van der Waals surface area contributed by atoms with E-state index in [1.807, 2.05) is 11.8 Å². The van der Waals surface area contributed by atoms with E-state index in [1.54, 1.807) is 0 Å². The maximum Gasteiger partial charge on any atom is 0.156 e. The van der Waals surface area contributed by atoms with Gasteiger partial charge < -0.3 is 5.32 Å². The summed E-state index contributed by atoms with van der Waals surface area (Å²) in [5.41, 5.74) is 0.594. The van der Waals surface area contributed by atoms with Gasteiger partial charge in [-0.25, -0.2) is 0 Å². The summed E-state index contributed by atoms with van der Waals surface area (Å²) < 4.78 is 0. The third-order valence-corrected chi connectivity index (χ3v) is 3.74. The maximum atomic E-state index is 4.35. The molecule has 2 nitrogen and oxygen atoms in total. The highest BCUT2D eigenvalue weighted by molar-refractivity contribution is 8.14. The molecule has 1 saturated carbocycles. The van der Waals surface area contributed by atoms with E-state index in [0.29, 0.717) is 5.41 Å². The number of thioether (sulfide) groups is 1. The van der Waals surface area contributed by atoms with Crippen molar-refractivity contribution in [3.05, 3.63) is 0 Å². The minimum absolute atomic E-state index is 0.594. The molecule has 0 bridgehead atoms. The fraction of sp³-hybridized carbons (Fsp3) is 0.889. The molecule has 1 N–H and O–H groups in total. The zero-order valence-corrected chi connectivity index (χ0v) is 8.58. The van der Waals surface area contributed by atoms with Gasteiger partial charge in [0.15, 0.2) is 5.17 Å². The fourth-order valence-corrected chi connectivity index (χ4v) is 2.32. The molecule has 0 aromatic carbocycles. The average molecular weight is 184 g/mol. The second-order valence-electron chi connectivity index (χ2n) is 4.31. The van der Waals surface area contributed by atoms with Crippen LogP contribution in [0, 0.1) is 11.3 Å². The number of hydrogen-bond donors (Lipinski definition) is 1. The molecule has 1 aliphatic carbocycles. The third kappa shape index (κ3) is 1.76. The van der Waals surface area contributed by atoms with E-state index >= 15 is 0 Å². The van der Waals surface area contributed by atoms with Crippen molar-refractivity contribution in [1.82, 2.24) is 5.32 Å². The van der Waals surface area contributed by atoms with Gasteiger partial charge in [-0.05, 0) is 17.8 Å². The summed E-state index contributed by atoms with van der Waals surface area (Å²) >= 11 is 1.85. The first-order valence-corrected chi connectivity index (χ1v) is 5.58. The molecule has 2 rings (SSSR count). The van der Waals surface area contributed by atoms with Crippen LogP contribution in [0.25, 0.3) is 0 Å². The Labute approximate surface area is 78.2 Å². The topological polar surface area (TPSA) is 24.4 Å². The summed E-state index contributed by atoms with van der Waals surface area (Å²) in [5.74, 6) is 2.04. The van der Waals surface area contributed by atoms with Crippen molar-refractivity contribution in [2.24, 2.45) is 16.3 Å². The standard InChI is InChI=1S/C9H16N2S/c1-9(2)5-7(9)6-11-8-10-3-4-12-8/h7H,3-6H2,1-2H3,(H,10,11). The van der Waals surface area contributed by atoms with Gasteiger partial charge >= 0.3 is 0 Å². The maximum absolute atomic E-state index is 4.35. The number of nitrogens with zero attached hydrogens (tertiary/aromatic N) is 1. The van der Waals surface area contributed by atoms with Gasteiger partial charge in [-0.3, -0.25) is 4.99 Å². The van der Waals surface area contributed by atoms with E-state index in [0.717, 1.165) is 29.9 Å². The number of amidine groups is 1. The Morgan fingerprint density at radius 1 is 1.67 bits per heavy atom. The molecule has 0 aromatic rings. The van der Waals surface area contributed by atoms with Crippen LogP contribution in [-0.4, -0.2) is 24.0 Å². The van der Waals surface area contributed by atoms with Gasteiger partial charge in [0, 0.05) is 12.3 Å². The zero-order chi connectivity index (χ0) is 8.60. The lowest BCUT2D eigenvalue weighted by Gasteiger charge is -2.05. The highest BCUT2D eigenvalue weighted by Gasteiger charge is 2.45. The van der Waals surface area contributed by atoms with Crippen LogP contribution < -0.4 is 5.32 Å². The Morgan fingerprint density at radius 2 is 2.42 bits per heavy atom. The van der Waals surface area contributed by atoms with Gasteiger partial charge in [-0.15, -0.1) is 0 Å². The summed E-state index contributed by atoms with van der Waals surface area (Å²) in [4.78, 5) is 4.35. The van der Waals surface area contributed by atoms with Crippen LogP contribution in [0.15, 0.2) is 4.99 Å². The van der Waals surface area contributed by atoms with E-state index in [2.05, 4.69) is 24.2 Å². The van der Waals surface area contributed by atoms with E-state index in [4.69, 9.17) is 0 Å². The Bertz CT molecular complexity index is 211. The highest BCUT2D eigenvalue weighted by Crippen LogP contribution is 2.51. The molecule has 0 spiro atoms. The van der Waals surface area contributed by atoms with Gasteiger partial charge in [0.1, 0.15) is 0 Å². The van der Waals surface area contributed by atoms with Crippen LogP contribution in [0.3, 0.4) is 0 Å². The van der Waals surface area contributed by atoms with Gasteiger partial charge in [-0.1, -0.05) is 25.6 Å². The molecule has 68 valence electrons. The van der Waals surface area contributed by atoms with Crippen molar-refractivity contribution in [2.45, 2.75) is 20.3 Å². The van der Waals surface area contributed by atoms with Crippen molar-refractivity contribution >= 4 is 16.9 Å². The predicted molar refractivity (Wildman–Crippen MR) is 54.7 cm³/mol. The van der Waals surface area contributed by atoms with Crippen molar-refractivity contribution in [1.29, 1.82) is 0 Å². The van der Waals surface area contributed by atoms with E-state index < -0.39 is 0 Å². The Morgan fingerprint density at radius 3 is 2.92 bits per heavy atom. The molecular formula is C9H16N2S. The number of nitrogens with one attached hydrogen (secondary N) is 1. The molecule has 0 amide bonds. The molecule has 0 radical (unpaired) electrons. The summed E-state index contributed by atoms with van der Waals surface area (Å²) in [6.07, 6.45) is 1.37. The van der Waals surface area contributed by atoms with E-state index in [1.165, 1.54) is 6.42 Å². The first-order chi connectivity index (χ1) is 5.68. The summed E-state index contributed by atoms with van der Waals surface area (Å²) in [5, 5.41) is 4.58. The number of rotatable bonds is 2. The lowest BCUT2D eigenvalue weighted by Crippen LogP contribution is -2.22. The van der Waals surface area contributed by atoms with Gasteiger partial charge in [0.05, 0.1) is 6.54 Å². The van der Waals surface area contributed by atoms with Crippen LogP contribution in [0.5, 0.6) is 0 Å². The van der Waals surface area contributed by atoms with Gasteiger partial charge in [-0.2, -0.15) is 0 Å². The lowest BCUT2D eigenvalue weighted by atomic mass is 10.1. The molecular weight excluding hydrogens is 168 g/mol. The monoisotopic (exact) mass is 184 g/mol. The molecule has 12 heavy (non-hydrogen) atoms. The summed E-state index contributed by atoms with van der Waals surface area (Å²) in [7, 11) is 0. The quantitative estimate of drug-likeness (QED) is 0.706. The number of hydrogen-bond acceptors (Lipinski definition) is 3. The van der Waals surface area contributed by atoms with Gasteiger partial charge in [0.25, 0.3) is 0 Å². The fourth-order valence-electron chi connectivity index (χ4n) is 1.58. The van der Waals surface area contributed by atoms with E-state index in [9.17, 15) is 0 Å². The van der Waals surface area contributed by atoms with Crippen molar-refractivity contribution in [3.63, 3.8) is 0 Å². The second kappa shape index (κ2) is 2.95. The smallest absolute Gasteiger partial charge is 0.156 e. The van der Waals surface area contributed by atoms with Crippen molar-refractivity contribution < 1.29 is 0 Å². The minimum Gasteiger partial charge on any atom is -0.365 e. The summed E-state index contributed by atoms with van der Waals surface area (Å²) in [6, 6.07) is 0. The SMILES string of the molecule is CC1(C)CC1CNC1=NCCS1. The zero-order valence-electron chi connectivity index (χ0n) is 7.76. The van der Waals surface area contributed by atoms with Crippen LogP contribution in [0.2, 0.25) is 0 Å². The van der Waals surface area contributed by atoms with Crippen molar-refractivity contribution in [3.8, 4) is 0 Å². The first kappa shape index (κ1) is 8.42. The van der Waals surface area contributed by atoms with Crippen LogP contribution >= 0.6 is 11.8 Å². The minimum atomic E-state index is 0.594. The van der Waals surface area contributed by atoms with Crippen LogP contribution in [-0.2, 0) is 0 Å². The molecule has 1 fully saturated rings. The highest BCUT2D eigenvalue weighted by atomic mass is 32.2. The normalized spacial score (nSPS) is 31.5. The predicted octanol–water partition coefficient (Wildman–Crippen LogP) is 1.72. The molecule has 1 atom stereocenters. The van der Waals surface area contributed by atoms with Crippen LogP contribution in [0.1, 0.15) is 20.3 Å². The molecule has 0 saturated heterocycles. The molecule has 1 heterocycles. The van der Waals surface area contributed by atoms with Crippen LogP contribution in [0.4, 0.5) is 0 Å². The largest absolute Gasteiger partial charge is 0.365 e. The Balaban J connectivity index is 1.70. The van der Waals surface area contributed by atoms with Crippen molar-refractivity contribution in [2.75, 3.05) is 18.8 Å². The Kier molecular flexibility index (Phi) is 2.07. The average Bonchev–Trinajstić information content (AvgIpc) is 2.54. The molecule has 2 aliphatic rings. The molecule has 0 aromatic heterocycles. The van der Waals surface area contributed by atoms with E-state index in [-0.39, 0.29) is 0 Å². The molecule has 3 heteroatoms. The Hall–Kier alpha value is -0.180. The third-order valence-electron chi connectivity index (χ3n) is 2.80. The molecule has 1 unspecified atom stereocenters.